The molecule has 1 aromatic heterocycles. The second-order valence-electron chi connectivity index (χ2n) is 9.95. The number of anilines is 1. The Balaban J connectivity index is 1.35. The SMILES string of the molecule is FC(F)(F)c1cc(COCC2(c3ccccc3)CCNCC2)cc(-c2ccc(N3CCNCC3)nc2)c1. The van der Waals surface area contributed by atoms with Crippen LogP contribution in [0.15, 0.2) is 66.9 Å². The average molecular weight is 511 g/mol. The normalized spacial score (nSPS) is 18.1. The largest absolute Gasteiger partial charge is 0.416 e. The Labute approximate surface area is 216 Å². The van der Waals surface area contributed by atoms with E-state index in [0.717, 1.165) is 57.9 Å². The van der Waals surface area contributed by atoms with Crippen LogP contribution >= 0.6 is 0 Å². The van der Waals surface area contributed by atoms with Crippen molar-refractivity contribution in [3.63, 3.8) is 0 Å². The molecule has 2 fully saturated rings. The van der Waals surface area contributed by atoms with Crippen molar-refractivity contribution < 1.29 is 17.9 Å². The summed E-state index contributed by atoms with van der Waals surface area (Å²) in [7, 11) is 0. The van der Waals surface area contributed by atoms with Gasteiger partial charge in [0, 0.05) is 43.4 Å². The van der Waals surface area contributed by atoms with Crippen LogP contribution in [0.2, 0.25) is 0 Å². The molecule has 0 aliphatic carbocycles. The number of ether oxygens (including phenoxy) is 1. The Kier molecular flexibility index (Phi) is 7.79. The summed E-state index contributed by atoms with van der Waals surface area (Å²) >= 11 is 0. The van der Waals surface area contributed by atoms with Gasteiger partial charge in [-0.25, -0.2) is 4.98 Å². The Hall–Kier alpha value is -2.94. The molecular weight excluding hydrogens is 477 g/mol. The Morgan fingerprint density at radius 1 is 0.865 bits per heavy atom. The molecule has 0 atom stereocenters. The van der Waals surface area contributed by atoms with Gasteiger partial charge in [-0.2, -0.15) is 13.2 Å². The maximum absolute atomic E-state index is 13.8. The molecule has 196 valence electrons. The first-order valence-corrected chi connectivity index (χ1v) is 12.9. The average Bonchev–Trinajstić information content (AvgIpc) is 2.94. The Morgan fingerprint density at radius 2 is 1.59 bits per heavy atom. The number of halogens is 3. The van der Waals surface area contributed by atoms with Gasteiger partial charge in [0.15, 0.2) is 0 Å². The van der Waals surface area contributed by atoms with E-state index in [0.29, 0.717) is 23.3 Å². The number of hydrogen-bond donors (Lipinski definition) is 2. The second-order valence-corrected chi connectivity index (χ2v) is 9.95. The number of nitrogens with zero attached hydrogens (tertiary/aromatic N) is 2. The van der Waals surface area contributed by atoms with Gasteiger partial charge in [0.1, 0.15) is 5.82 Å². The number of pyridine rings is 1. The molecule has 0 spiro atoms. The van der Waals surface area contributed by atoms with Crippen LogP contribution in [0.1, 0.15) is 29.5 Å². The quantitative estimate of drug-likeness (QED) is 0.468. The molecule has 2 aliphatic rings. The lowest BCUT2D eigenvalue weighted by Crippen LogP contribution is -2.43. The Morgan fingerprint density at radius 3 is 2.27 bits per heavy atom. The fourth-order valence-electron chi connectivity index (χ4n) is 5.32. The number of hydrogen-bond acceptors (Lipinski definition) is 5. The molecule has 0 bridgehead atoms. The van der Waals surface area contributed by atoms with Crippen LogP contribution in [0.4, 0.5) is 19.0 Å². The van der Waals surface area contributed by atoms with Crippen LogP contribution in [-0.4, -0.2) is 50.9 Å². The monoisotopic (exact) mass is 510 g/mol. The van der Waals surface area contributed by atoms with Gasteiger partial charge in [0.2, 0.25) is 0 Å². The highest BCUT2D eigenvalue weighted by Crippen LogP contribution is 2.36. The van der Waals surface area contributed by atoms with Crippen molar-refractivity contribution in [2.75, 3.05) is 50.8 Å². The zero-order chi connectivity index (χ0) is 25.7. The highest BCUT2D eigenvalue weighted by molar-refractivity contribution is 5.66. The molecule has 0 radical (unpaired) electrons. The summed E-state index contributed by atoms with van der Waals surface area (Å²) in [4.78, 5) is 6.72. The number of aromatic nitrogens is 1. The van der Waals surface area contributed by atoms with Crippen molar-refractivity contribution in [3.05, 3.63) is 83.6 Å². The van der Waals surface area contributed by atoms with E-state index in [1.54, 1.807) is 12.3 Å². The molecular formula is C29H33F3N4O. The van der Waals surface area contributed by atoms with Crippen LogP contribution < -0.4 is 15.5 Å². The minimum absolute atomic E-state index is 0.116. The number of rotatable bonds is 7. The first-order valence-electron chi connectivity index (χ1n) is 12.9. The third-order valence-electron chi connectivity index (χ3n) is 7.44. The molecule has 3 aromatic rings. The van der Waals surface area contributed by atoms with E-state index in [2.05, 4.69) is 32.7 Å². The lowest BCUT2D eigenvalue weighted by atomic mass is 9.74. The fraction of sp³-hybridized carbons (Fsp3) is 0.414. The fourth-order valence-corrected chi connectivity index (χ4v) is 5.32. The smallest absolute Gasteiger partial charge is 0.376 e. The highest BCUT2D eigenvalue weighted by Gasteiger charge is 2.34. The summed E-state index contributed by atoms with van der Waals surface area (Å²) in [5.74, 6) is 0.842. The zero-order valence-electron chi connectivity index (χ0n) is 20.9. The molecule has 2 N–H and O–H groups in total. The second kappa shape index (κ2) is 11.2. The van der Waals surface area contributed by atoms with E-state index < -0.39 is 11.7 Å². The summed E-state index contributed by atoms with van der Waals surface area (Å²) in [6.07, 6.45) is -0.929. The summed E-state index contributed by atoms with van der Waals surface area (Å²) in [5, 5.41) is 6.71. The van der Waals surface area contributed by atoms with Gasteiger partial charge in [-0.05, 0) is 73.0 Å². The predicted octanol–water partition coefficient (Wildman–Crippen LogP) is 5.02. The minimum atomic E-state index is -4.45. The molecule has 0 unspecified atom stereocenters. The summed E-state index contributed by atoms with van der Waals surface area (Å²) < 4.78 is 47.5. The van der Waals surface area contributed by atoms with Crippen molar-refractivity contribution in [2.45, 2.75) is 31.0 Å². The molecule has 5 rings (SSSR count). The van der Waals surface area contributed by atoms with Crippen molar-refractivity contribution in [1.82, 2.24) is 15.6 Å². The van der Waals surface area contributed by atoms with Gasteiger partial charge in [0.25, 0.3) is 0 Å². The van der Waals surface area contributed by atoms with Crippen molar-refractivity contribution in [3.8, 4) is 11.1 Å². The van der Waals surface area contributed by atoms with E-state index in [-0.39, 0.29) is 12.0 Å². The van der Waals surface area contributed by atoms with Gasteiger partial charge < -0.3 is 20.3 Å². The number of alkyl halides is 3. The highest BCUT2D eigenvalue weighted by atomic mass is 19.4. The number of piperazine rings is 1. The maximum Gasteiger partial charge on any atom is 0.416 e. The van der Waals surface area contributed by atoms with Crippen molar-refractivity contribution in [1.29, 1.82) is 0 Å². The first-order chi connectivity index (χ1) is 17.9. The lowest BCUT2D eigenvalue weighted by Gasteiger charge is -2.38. The van der Waals surface area contributed by atoms with Gasteiger partial charge >= 0.3 is 6.18 Å². The van der Waals surface area contributed by atoms with Gasteiger partial charge in [-0.3, -0.25) is 0 Å². The van der Waals surface area contributed by atoms with Crippen LogP contribution in [0.3, 0.4) is 0 Å². The topological polar surface area (TPSA) is 49.4 Å². The van der Waals surface area contributed by atoms with Gasteiger partial charge in [-0.1, -0.05) is 30.3 Å². The summed E-state index contributed by atoms with van der Waals surface area (Å²) in [5.41, 5.74) is 2.07. The minimum Gasteiger partial charge on any atom is -0.376 e. The van der Waals surface area contributed by atoms with E-state index in [9.17, 15) is 13.2 Å². The molecule has 2 aromatic carbocycles. The third kappa shape index (κ3) is 6.14. The molecule has 8 heteroatoms. The van der Waals surface area contributed by atoms with E-state index in [4.69, 9.17) is 4.74 Å². The van der Waals surface area contributed by atoms with E-state index in [1.807, 2.05) is 30.3 Å². The molecule has 3 heterocycles. The van der Waals surface area contributed by atoms with E-state index in [1.165, 1.54) is 17.7 Å². The third-order valence-corrected chi connectivity index (χ3v) is 7.44. The summed E-state index contributed by atoms with van der Waals surface area (Å²) in [6, 6.07) is 18.2. The van der Waals surface area contributed by atoms with E-state index >= 15 is 0 Å². The lowest BCUT2D eigenvalue weighted by molar-refractivity contribution is -0.137. The van der Waals surface area contributed by atoms with Crippen LogP contribution in [0.5, 0.6) is 0 Å². The van der Waals surface area contributed by atoms with Crippen LogP contribution in [0, 0.1) is 0 Å². The molecule has 0 saturated carbocycles. The number of piperidine rings is 1. The van der Waals surface area contributed by atoms with Gasteiger partial charge in [0.05, 0.1) is 18.8 Å². The van der Waals surface area contributed by atoms with Crippen LogP contribution in [-0.2, 0) is 22.9 Å². The zero-order valence-corrected chi connectivity index (χ0v) is 20.9. The molecule has 0 amide bonds. The van der Waals surface area contributed by atoms with Crippen molar-refractivity contribution >= 4 is 5.82 Å². The standard InChI is InChI=1S/C29H33F3N4O/c30-29(31,32)26-17-22(20-37-21-28(8-10-33-11-9-28)25-4-2-1-3-5-25)16-24(18-26)23-6-7-27(35-19-23)36-14-12-34-13-15-36/h1-7,16-19,33-34H,8-15,20-21H2. The maximum atomic E-state index is 13.8. The number of nitrogens with one attached hydrogen (secondary N) is 2. The van der Waals surface area contributed by atoms with Gasteiger partial charge in [-0.15, -0.1) is 0 Å². The molecule has 37 heavy (non-hydrogen) atoms. The Bertz CT molecular complexity index is 1160. The van der Waals surface area contributed by atoms with Crippen molar-refractivity contribution in [2.24, 2.45) is 0 Å². The van der Waals surface area contributed by atoms with Crippen LogP contribution in [0.25, 0.3) is 11.1 Å². The predicted molar refractivity (Wildman–Crippen MR) is 140 cm³/mol. The first kappa shape index (κ1) is 25.7. The molecule has 2 aliphatic heterocycles. The number of benzene rings is 2. The molecule has 2 saturated heterocycles. The molecule has 5 nitrogen and oxygen atoms in total. The summed E-state index contributed by atoms with van der Waals surface area (Å²) in [6.45, 7) is 5.86.